The van der Waals surface area contributed by atoms with Gasteiger partial charge in [0.1, 0.15) is 5.82 Å². The Balaban J connectivity index is 1.60. The van der Waals surface area contributed by atoms with Gasteiger partial charge in [0.05, 0.1) is 5.75 Å². The maximum absolute atomic E-state index is 12.4. The molecule has 27 heavy (non-hydrogen) atoms. The highest BCUT2D eigenvalue weighted by molar-refractivity contribution is 7.99. The fourth-order valence-electron chi connectivity index (χ4n) is 3.56. The van der Waals surface area contributed by atoms with Crippen molar-refractivity contribution in [3.63, 3.8) is 0 Å². The van der Waals surface area contributed by atoms with Crippen molar-refractivity contribution in [2.45, 2.75) is 56.8 Å². The molecule has 0 unspecified atom stereocenters. The van der Waals surface area contributed by atoms with E-state index in [1.807, 2.05) is 28.8 Å². The van der Waals surface area contributed by atoms with Gasteiger partial charge in [0.25, 0.3) is 0 Å². The van der Waals surface area contributed by atoms with E-state index >= 15 is 0 Å². The Bertz CT molecular complexity index is 759. The fraction of sp³-hybridized carbons (Fsp3) is 0.476. The molecule has 6 heteroatoms. The van der Waals surface area contributed by atoms with Crippen LogP contribution in [0.3, 0.4) is 0 Å². The van der Waals surface area contributed by atoms with Crippen molar-refractivity contribution < 1.29 is 4.79 Å². The zero-order valence-corrected chi connectivity index (χ0v) is 16.8. The SMILES string of the molecule is C=CCn1c(Cc2ccccc2)nnc1SCC(=O)N[C@H]1CCCC[C@H]1C. The molecule has 1 fully saturated rings. The van der Waals surface area contributed by atoms with Crippen LogP contribution < -0.4 is 5.32 Å². The van der Waals surface area contributed by atoms with Crippen LogP contribution in [0.25, 0.3) is 0 Å². The lowest BCUT2D eigenvalue weighted by Gasteiger charge is -2.29. The predicted octanol–water partition coefficient (Wildman–Crippen LogP) is 3.84. The van der Waals surface area contributed by atoms with Gasteiger partial charge in [0.15, 0.2) is 5.16 Å². The molecule has 1 heterocycles. The van der Waals surface area contributed by atoms with Crippen LogP contribution in [-0.2, 0) is 17.8 Å². The summed E-state index contributed by atoms with van der Waals surface area (Å²) in [7, 11) is 0. The Morgan fingerprint density at radius 3 is 2.81 bits per heavy atom. The standard InChI is InChI=1S/C21H28N4OS/c1-3-13-25-19(14-17-10-5-4-6-11-17)23-24-21(25)27-15-20(26)22-18-12-8-7-9-16(18)2/h3-6,10-11,16,18H,1,7-9,12-15H2,2H3,(H,22,26)/t16-,18+/m1/s1. The van der Waals surface area contributed by atoms with Gasteiger partial charge in [0.2, 0.25) is 5.91 Å². The lowest BCUT2D eigenvalue weighted by atomic mass is 9.86. The van der Waals surface area contributed by atoms with Gasteiger partial charge in [-0.3, -0.25) is 4.79 Å². The molecule has 1 aliphatic rings. The third kappa shape index (κ3) is 5.45. The molecule has 1 aromatic carbocycles. The van der Waals surface area contributed by atoms with Crippen LogP contribution in [0.4, 0.5) is 0 Å². The lowest BCUT2D eigenvalue weighted by Crippen LogP contribution is -2.41. The molecule has 5 nitrogen and oxygen atoms in total. The molecule has 3 rings (SSSR count). The molecule has 0 radical (unpaired) electrons. The van der Waals surface area contributed by atoms with Crippen molar-refractivity contribution in [2.24, 2.45) is 5.92 Å². The maximum atomic E-state index is 12.4. The first kappa shape index (κ1) is 19.7. The molecule has 1 amide bonds. The topological polar surface area (TPSA) is 59.8 Å². The smallest absolute Gasteiger partial charge is 0.230 e. The van der Waals surface area contributed by atoms with Crippen molar-refractivity contribution in [3.05, 3.63) is 54.4 Å². The van der Waals surface area contributed by atoms with Gasteiger partial charge >= 0.3 is 0 Å². The van der Waals surface area contributed by atoms with Crippen LogP contribution in [0.1, 0.15) is 44.0 Å². The highest BCUT2D eigenvalue weighted by Crippen LogP contribution is 2.24. The van der Waals surface area contributed by atoms with Crippen LogP contribution in [0.2, 0.25) is 0 Å². The number of carbonyl (C=O) groups excluding carboxylic acids is 1. The first-order valence-corrected chi connectivity index (χ1v) is 10.6. The first-order chi connectivity index (χ1) is 13.2. The van der Waals surface area contributed by atoms with E-state index in [2.05, 4.69) is 41.1 Å². The Hall–Kier alpha value is -2.08. The van der Waals surface area contributed by atoms with E-state index in [-0.39, 0.29) is 5.91 Å². The molecule has 0 saturated heterocycles. The van der Waals surface area contributed by atoms with E-state index < -0.39 is 0 Å². The summed E-state index contributed by atoms with van der Waals surface area (Å²) in [5.41, 5.74) is 1.19. The molecular formula is C21H28N4OS. The number of hydrogen-bond acceptors (Lipinski definition) is 4. The summed E-state index contributed by atoms with van der Waals surface area (Å²) < 4.78 is 2.04. The number of aromatic nitrogens is 3. The Labute approximate surface area is 165 Å². The minimum atomic E-state index is 0.0801. The highest BCUT2D eigenvalue weighted by atomic mass is 32.2. The molecular weight excluding hydrogens is 356 g/mol. The van der Waals surface area contributed by atoms with Gasteiger partial charge < -0.3 is 9.88 Å². The van der Waals surface area contributed by atoms with Crippen LogP contribution in [0.5, 0.6) is 0 Å². The third-order valence-corrected chi connectivity index (χ3v) is 6.07. The average Bonchev–Trinajstić information content (AvgIpc) is 3.05. The summed E-state index contributed by atoms with van der Waals surface area (Å²) in [5.74, 6) is 1.90. The van der Waals surface area contributed by atoms with Crippen molar-refractivity contribution in [1.29, 1.82) is 0 Å². The van der Waals surface area contributed by atoms with E-state index in [0.29, 0.717) is 30.7 Å². The third-order valence-electron chi connectivity index (χ3n) is 5.10. The van der Waals surface area contributed by atoms with Crippen molar-refractivity contribution >= 4 is 17.7 Å². The first-order valence-electron chi connectivity index (χ1n) is 9.66. The van der Waals surface area contributed by atoms with E-state index in [0.717, 1.165) is 17.4 Å². The van der Waals surface area contributed by atoms with E-state index in [1.54, 1.807) is 0 Å². The second kappa shape index (κ2) is 9.74. The molecule has 1 aliphatic carbocycles. The number of thioether (sulfide) groups is 1. The quantitative estimate of drug-likeness (QED) is 0.555. The Morgan fingerprint density at radius 2 is 2.07 bits per heavy atom. The van der Waals surface area contributed by atoms with Gasteiger partial charge in [-0.05, 0) is 24.3 Å². The van der Waals surface area contributed by atoms with Gasteiger partial charge in [0, 0.05) is 19.0 Å². The Kier molecular flexibility index (Phi) is 7.10. The van der Waals surface area contributed by atoms with Crippen molar-refractivity contribution in [3.8, 4) is 0 Å². The largest absolute Gasteiger partial charge is 0.352 e. The normalized spacial score (nSPS) is 19.6. The average molecular weight is 385 g/mol. The zero-order chi connectivity index (χ0) is 19.1. The molecule has 0 aliphatic heterocycles. The molecule has 144 valence electrons. The van der Waals surface area contributed by atoms with E-state index in [1.165, 1.54) is 36.6 Å². The summed E-state index contributed by atoms with van der Waals surface area (Å²) in [6, 6.07) is 10.5. The van der Waals surface area contributed by atoms with Crippen molar-refractivity contribution in [1.82, 2.24) is 20.1 Å². The number of nitrogens with zero attached hydrogens (tertiary/aromatic N) is 3. The minimum absolute atomic E-state index is 0.0801. The second-order valence-electron chi connectivity index (χ2n) is 7.18. The molecule has 2 aromatic rings. The van der Waals surface area contributed by atoms with E-state index in [9.17, 15) is 4.79 Å². The fourth-order valence-corrected chi connectivity index (χ4v) is 4.33. The lowest BCUT2D eigenvalue weighted by molar-refractivity contribution is -0.119. The monoisotopic (exact) mass is 384 g/mol. The van der Waals surface area contributed by atoms with Crippen LogP contribution in [-0.4, -0.2) is 32.5 Å². The Morgan fingerprint density at radius 1 is 1.30 bits per heavy atom. The molecule has 2 atom stereocenters. The number of hydrogen-bond donors (Lipinski definition) is 1. The molecule has 1 N–H and O–H groups in total. The van der Waals surface area contributed by atoms with Gasteiger partial charge in [-0.2, -0.15) is 0 Å². The molecule has 1 saturated carbocycles. The summed E-state index contributed by atoms with van der Waals surface area (Å²) in [5, 5.41) is 12.6. The molecule has 0 spiro atoms. The summed E-state index contributed by atoms with van der Waals surface area (Å²) >= 11 is 1.45. The van der Waals surface area contributed by atoms with Gasteiger partial charge in [-0.15, -0.1) is 16.8 Å². The van der Waals surface area contributed by atoms with Crippen molar-refractivity contribution in [2.75, 3.05) is 5.75 Å². The zero-order valence-electron chi connectivity index (χ0n) is 15.9. The maximum Gasteiger partial charge on any atom is 0.230 e. The highest BCUT2D eigenvalue weighted by Gasteiger charge is 2.23. The minimum Gasteiger partial charge on any atom is -0.352 e. The summed E-state index contributed by atoms with van der Waals surface area (Å²) in [6.07, 6.45) is 7.33. The molecule has 1 aromatic heterocycles. The second-order valence-corrected chi connectivity index (χ2v) is 8.13. The molecule has 0 bridgehead atoms. The summed E-state index contributed by atoms with van der Waals surface area (Å²) in [6.45, 7) is 6.71. The van der Waals surface area contributed by atoms with E-state index in [4.69, 9.17) is 0 Å². The number of allylic oxidation sites excluding steroid dienone is 1. The van der Waals surface area contributed by atoms with Crippen LogP contribution >= 0.6 is 11.8 Å². The van der Waals surface area contributed by atoms with Crippen LogP contribution in [0.15, 0.2) is 48.1 Å². The van der Waals surface area contributed by atoms with Crippen LogP contribution in [0, 0.1) is 5.92 Å². The van der Waals surface area contributed by atoms with Gasteiger partial charge in [-0.25, -0.2) is 0 Å². The predicted molar refractivity (Wildman–Crippen MR) is 110 cm³/mol. The number of amides is 1. The number of benzene rings is 1. The number of rotatable bonds is 8. The number of carbonyl (C=O) groups is 1. The number of nitrogens with one attached hydrogen (secondary N) is 1. The summed E-state index contributed by atoms with van der Waals surface area (Å²) in [4.78, 5) is 12.4. The van der Waals surface area contributed by atoms with Gasteiger partial charge in [-0.1, -0.05) is 67.9 Å².